The smallest absolute Gasteiger partial charge is 0.239 e. The Bertz CT molecular complexity index is 286. The maximum absolute atomic E-state index is 12.3. The highest BCUT2D eigenvalue weighted by atomic mass is 35.5. The van der Waals surface area contributed by atoms with Crippen molar-refractivity contribution in [3.8, 4) is 0 Å². The minimum atomic E-state index is 0. The largest absolute Gasteiger partial charge is 0.382 e. The molecule has 0 saturated carbocycles. The first kappa shape index (κ1) is 17.7. The molecule has 5 nitrogen and oxygen atoms in total. The van der Waals surface area contributed by atoms with Crippen LogP contribution in [-0.2, 0) is 14.3 Å². The molecular weight excluding hydrogens is 280 g/mol. The van der Waals surface area contributed by atoms with Gasteiger partial charge >= 0.3 is 0 Å². The fraction of sp³-hybridized carbons (Fsp3) is 0.929. The van der Waals surface area contributed by atoms with E-state index in [1.807, 2.05) is 4.90 Å². The Labute approximate surface area is 127 Å². The number of nitrogens with zero attached hydrogens (tertiary/aromatic N) is 1. The Kier molecular flexibility index (Phi) is 8.45. The van der Waals surface area contributed by atoms with Crippen molar-refractivity contribution in [2.45, 2.75) is 31.7 Å². The van der Waals surface area contributed by atoms with E-state index in [1.54, 1.807) is 7.11 Å². The van der Waals surface area contributed by atoms with Crippen LogP contribution in [0.1, 0.15) is 25.7 Å². The summed E-state index contributed by atoms with van der Waals surface area (Å²) < 4.78 is 10.5. The predicted octanol–water partition coefficient (Wildman–Crippen LogP) is 1.06. The topological polar surface area (TPSA) is 50.8 Å². The van der Waals surface area contributed by atoms with Gasteiger partial charge in [0.15, 0.2) is 0 Å². The van der Waals surface area contributed by atoms with Gasteiger partial charge in [-0.3, -0.25) is 4.79 Å². The second-order valence-electron chi connectivity index (χ2n) is 5.51. The average Bonchev–Trinajstić information content (AvgIpc) is 2.92. The molecule has 118 valence electrons. The number of amides is 1. The van der Waals surface area contributed by atoms with Crippen LogP contribution in [-0.4, -0.2) is 63.4 Å². The number of methoxy groups -OCH3 is 1. The minimum absolute atomic E-state index is 0. The molecule has 0 spiro atoms. The van der Waals surface area contributed by atoms with Crippen molar-refractivity contribution in [3.05, 3.63) is 0 Å². The third-order valence-corrected chi connectivity index (χ3v) is 3.99. The molecule has 0 bridgehead atoms. The van der Waals surface area contributed by atoms with Crippen LogP contribution in [0, 0.1) is 5.92 Å². The van der Waals surface area contributed by atoms with Crippen molar-refractivity contribution in [1.82, 2.24) is 10.2 Å². The fourth-order valence-corrected chi connectivity index (χ4v) is 2.84. The average molecular weight is 307 g/mol. The van der Waals surface area contributed by atoms with E-state index in [9.17, 15) is 4.79 Å². The SMILES string of the molecule is COCCOCC1CCN(C(=O)C2CCCCN2)C1.Cl. The van der Waals surface area contributed by atoms with Gasteiger partial charge in [0.05, 0.1) is 25.9 Å². The maximum Gasteiger partial charge on any atom is 0.239 e. The second-order valence-corrected chi connectivity index (χ2v) is 5.51. The second kappa shape index (κ2) is 9.55. The first-order chi connectivity index (χ1) is 9.31. The van der Waals surface area contributed by atoms with E-state index < -0.39 is 0 Å². The molecule has 20 heavy (non-hydrogen) atoms. The van der Waals surface area contributed by atoms with Crippen molar-refractivity contribution >= 4 is 18.3 Å². The van der Waals surface area contributed by atoms with Crippen molar-refractivity contribution in [2.24, 2.45) is 5.92 Å². The van der Waals surface area contributed by atoms with Crippen molar-refractivity contribution in [2.75, 3.05) is 46.6 Å². The summed E-state index contributed by atoms with van der Waals surface area (Å²) in [4.78, 5) is 14.3. The Morgan fingerprint density at radius 1 is 1.30 bits per heavy atom. The van der Waals surface area contributed by atoms with Gasteiger partial charge in [-0.1, -0.05) is 6.42 Å². The number of likely N-dealkylation sites (tertiary alicyclic amines) is 1. The highest BCUT2D eigenvalue weighted by Gasteiger charge is 2.31. The number of hydrogen-bond donors (Lipinski definition) is 1. The molecular formula is C14H27ClN2O3. The number of hydrogen-bond acceptors (Lipinski definition) is 4. The van der Waals surface area contributed by atoms with Gasteiger partial charge in [0.1, 0.15) is 0 Å². The molecule has 2 heterocycles. The molecule has 0 aliphatic carbocycles. The number of carbonyl (C=O) groups is 1. The molecule has 2 unspecified atom stereocenters. The normalized spacial score (nSPS) is 26.4. The molecule has 0 radical (unpaired) electrons. The Morgan fingerprint density at radius 2 is 2.15 bits per heavy atom. The molecule has 1 amide bonds. The van der Waals surface area contributed by atoms with E-state index in [-0.39, 0.29) is 18.4 Å². The molecule has 0 aromatic carbocycles. The lowest BCUT2D eigenvalue weighted by Crippen LogP contribution is -2.47. The summed E-state index contributed by atoms with van der Waals surface area (Å²) in [5, 5.41) is 3.33. The lowest BCUT2D eigenvalue weighted by molar-refractivity contribution is -0.133. The summed E-state index contributed by atoms with van der Waals surface area (Å²) in [5.41, 5.74) is 0. The third kappa shape index (κ3) is 5.20. The van der Waals surface area contributed by atoms with Crippen molar-refractivity contribution in [3.63, 3.8) is 0 Å². The molecule has 2 rings (SSSR count). The third-order valence-electron chi connectivity index (χ3n) is 3.99. The van der Waals surface area contributed by atoms with Crippen LogP contribution in [0.25, 0.3) is 0 Å². The van der Waals surface area contributed by atoms with Gasteiger partial charge in [-0.2, -0.15) is 0 Å². The number of carbonyl (C=O) groups excluding carboxylic acids is 1. The summed E-state index contributed by atoms with van der Waals surface area (Å²) in [6.07, 6.45) is 4.41. The zero-order chi connectivity index (χ0) is 13.5. The molecule has 2 saturated heterocycles. The number of piperidine rings is 1. The summed E-state index contributed by atoms with van der Waals surface area (Å²) in [6.45, 7) is 4.74. The van der Waals surface area contributed by atoms with Crippen LogP contribution in [0.4, 0.5) is 0 Å². The zero-order valence-electron chi connectivity index (χ0n) is 12.3. The molecule has 0 aromatic heterocycles. The van der Waals surface area contributed by atoms with E-state index in [2.05, 4.69) is 5.32 Å². The molecule has 2 atom stereocenters. The lowest BCUT2D eigenvalue weighted by Gasteiger charge is -2.27. The van der Waals surface area contributed by atoms with Gasteiger partial charge in [0.25, 0.3) is 0 Å². The van der Waals surface area contributed by atoms with Crippen molar-refractivity contribution in [1.29, 1.82) is 0 Å². The predicted molar refractivity (Wildman–Crippen MR) is 80.3 cm³/mol. The molecule has 2 aliphatic heterocycles. The first-order valence-corrected chi connectivity index (χ1v) is 7.40. The monoisotopic (exact) mass is 306 g/mol. The molecule has 1 N–H and O–H groups in total. The quantitative estimate of drug-likeness (QED) is 0.746. The molecule has 2 aliphatic rings. The first-order valence-electron chi connectivity index (χ1n) is 7.40. The summed E-state index contributed by atoms with van der Waals surface area (Å²) in [6, 6.07) is 0.0573. The van der Waals surface area contributed by atoms with Crippen LogP contribution in [0.15, 0.2) is 0 Å². The number of rotatable bonds is 6. The molecule has 0 aromatic rings. The van der Waals surface area contributed by atoms with E-state index in [0.717, 1.165) is 39.1 Å². The van der Waals surface area contributed by atoms with E-state index in [0.29, 0.717) is 25.0 Å². The highest BCUT2D eigenvalue weighted by Crippen LogP contribution is 2.19. The number of nitrogens with one attached hydrogen (secondary N) is 1. The van der Waals surface area contributed by atoms with Crippen LogP contribution in [0.2, 0.25) is 0 Å². The molecule has 6 heteroatoms. The standard InChI is InChI=1S/C14H26N2O3.ClH/c1-18-8-9-19-11-12-5-7-16(10-12)14(17)13-4-2-3-6-15-13;/h12-13,15H,2-11H2,1H3;1H. The maximum atomic E-state index is 12.3. The Balaban J connectivity index is 0.00000200. The summed E-state index contributed by atoms with van der Waals surface area (Å²) in [7, 11) is 1.68. The number of ether oxygens (including phenoxy) is 2. The van der Waals surface area contributed by atoms with Crippen LogP contribution < -0.4 is 5.32 Å². The zero-order valence-corrected chi connectivity index (χ0v) is 13.1. The Hall–Kier alpha value is -0.360. The van der Waals surface area contributed by atoms with Gasteiger partial charge in [0, 0.05) is 26.1 Å². The fourth-order valence-electron chi connectivity index (χ4n) is 2.84. The van der Waals surface area contributed by atoms with E-state index in [4.69, 9.17) is 9.47 Å². The Morgan fingerprint density at radius 3 is 2.85 bits per heavy atom. The minimum Gasteiger partial charge on any atom is -0.382 e. The van der Waals surface area contributed by atoms with Crippen LogP contribution >= 0.6 is 12.4 Å². The number of halogens is 1. The lowest BCUT2D eigenvalue weighted by atomic mass is 10.0. The van der Waals surface area contributed by atoms with Crippen LogP contribution in [0.5, 0.6) is 0 Å². The van der Waals surface area contributed by atoms with Gasteiger partial charge in [-0.25, -0.2) is 0 Å². The van der Waals surface area contributed by atoms with Crippen LogP contribution in [0.3, 0.4) is 0 Å². The van der Waals surface area contributed by atoms with Crippen molar-refractivity contribution < 1.29 is 14.3 Å². The van der Waals surface area contributed by atoms with Gasteiger partial charge in [0.2, 0.25) is 5.91 Å². The van der Waals surface area contributed by atoms with Gasteiger partial charge < -0.3 is 19.7 Å². The summed E-state index contributed by atoms with van der Waals surface area (Å²) in [5.74, 6) is 0.781. The van der Waals surface area contributed by atoms with E-state index >= 15 is 0 Å². The van der Waals surface area contributed by atoms with Gasteiger partial charge in [-0.05, 0) is 25.8 Å². The van der Waals surface area contributed by atoms with Gasteiger partial charge in [-0.15, -0.1) is 12.4 Å². The van der Waals surface area contributed by atoms with E-state index in [1.165, 1.54) is 12.8 Å². The highest BCUT2D eigenvalue weighted by molar-refractivity contribution is 5.85. The summed E-state index contributed by atoms with van der Waals surface area (Å²) >= 11 is 0. The molecule has 2 fully saturated rings.